The number of aryl methyl sites for hydroxylation is 1. The van der Waals surface area contributed by atoms with Crippen LogP contribution in [0.2, 0.25) is 0 Å². The molecule has 0 saturated heterocycles. The summed E-state index contributed by atoms with van der Waals surface area (Å²) in [5.74, 6) is -2.88. The Bertz CT molecular complexity index is 391. The molecule has 1 aromatic carbocycles. The van der Waals surface area contributed by atoms with Crippen LogP contribution in [0.1, 0.15) is 18.4 Å². The number of hydrogen-bond donors (Lipinski definition) is 1. The fourth-order valence-corrected chi connectivity index (χ4v) is 1.38. The highest BCUT2D eigenvalue weighted by Gasteiger charge is 2.13. The van der Waals surface area contributed by atoms with Gasteiger partial charge in [-0.3, -0.25) is 4.79 Å². The number of methoxy groups -OCH3 is 1. The fourth-order valence-electron chi connectivity index (χ4n) is 1.38. The molecular formula is C11H12F2O3. The molecule has 0 aromatic heterocycles. The van der Waals surface area contributed by atoms with Crippen molar-refractivity contribution in [2.75, 3.05) is 7.11 Å². The van der Waals surface area contributed by atoms with Gasteiger partial charge in [0.15, 0.2) is 17.4 Å². The molecule has 0 aliphatic rings. The third kappa shape index (κ3) is 2.92. The average molecular weight is 230 g/mol. The second-order valence-corrected chi connectivity index (χ2v) is 3.30. The minimum atomic E-state index is -0.936. The summed E-state index contributed by atoms with van der Waals surface area (Å²) >= 11 is 0. The van der Waals surface area contributed by atoms with Crippen LogP contribution in [0.25, 0.3) is 0 Å². The maximum Gasteiger partial charge on any atom is 0.303 e. The number of benzene rings is 1. The van der Waals surface area contributed by atoms with E-state index in [4.69, 9.17) is 5.11 Å². The summed E-state index contributed by atoms with van der Waals surface area (Å²) in [7, 11) is 1.18. The summed E-state index contributed by atoms with van der Waals surface area (Å²) in [5, 5.41) is 8.43. The van der Waals surface area contributed by atoms with Crippen LogP contribution in [0.3, 0.4) is 0 Å². The third-order valence-corrected chi connectivity index (χ3v) is 2.17. The van der Waals surface area contributed by atoms with E-state index in [0.717, 1.165) is 6.07 Å². The van der Waals surface area contributed by atoms with E-state index in [1.807, 2.05) is 0 Å². The molecule has 0 unspecified atom stereocenters. The van der Waals surface area contributed by atoms with Gasteiger partial charge in [-0.1, -0.05) is 6.07 Å². The van der Waals surface area contributed by atoms with Crippen LogP contribution in [0, 0.1) is 11.6 Å². The molecule has 0 radical (unpaired) electrons. The summed E-state index contributed by atoms with van der Waals surface area (Å²) < 4.78 is 31.1. The Hall–Kier alpha value is -1.65. The summed E-state index contributed by atoms with van der Waals surface area (Å²) in [6.45, 7) is 0. The van der Waals surface area contributed by atoms with Crippen molar-refractivity contribution < 1.29 is 23.4 Å². The van der Waals surface area contributed by atoms with E-state index in [1.54, 1.807) is 0 Å². The highest BCUT2D eigenvalue weighted by Crippen LogP contribution is 2.25. The van der Waals surface area contributed by atoms with Gasteiger partial charge in [0.25, 0.3) is 0 Å². The molecule has 88 valence electrons. The Morgan fingerprint density at radius 2 is 2.12 bits per heavy atom. The zero-order chi connectivity index (χ0) is 12.1. The first kappa shape index (κ1) is 12.4. The minimum Gasteiger partial charge on any atom is -0.491 e. The average Bonchev–Trinajstić information content (AvgIpc) is 2.22. The molecule has 0 heterocycles. The van der Waals surface area contributed by atoms with Crippen LogP contribution < -0.4 is 4.74 Å². The molecule has 1 aromatic rings. The van der Waals surface area contributed by atoms with Gasteiger partial charge in [-0.25, -0.2) is 8.78 Å². The van der Waals surface area contributed by atoms with Gasteiger partial charge >= 0.3 is 5.97 Å². The smallest absolute Gasteiger partial charge is 0.303 e. The van der Waals surface area contributed by atoms with Crippen LogP contribution in [0.4, 0.5) is 8.78 Å². The van der Waals surface area contributed by atoms with Crippen molar-refractivity contribution in [3.8, 4) is 5.75 Å². The first-order chi connectivity index (χ1) is 7.56. The number of carboxylic acid groups (broad SMARTS) is 1. The minimum absolute atomic E-state index is 0.0425. The first-order valence-electron chi connectivity index (χ1n) is 4.79. The van der Waals surface area contributed by atoms with Gasteiger partial charge < -0.3 is 9.84 Å². The lowest BCUT2D eigenvalue weighted by atomic mass is 10.1. The van der Waals surface area contributed by atoms with E-state index in [1.165, 1.54) is 13.2 Å². The van der Waals surface area contributed by atoms with Gasteiger partial charge in [-0.05, 0) is 24.5 Å². The molecule has 16 heavy (non-hydrogen) atoms. The number of carbonyl (C=O) groups is 1. The number of halogens is 2. The van der Waals surface area contributed by atoms with Gasteiger partial charge in [0.2, 0.25) is 0 Å². The molecule has 0 amide bonds. The standard InChI is InChI=1S/C11H12F2O3/c1-16-11-8(12)6-5-7(10(11)13)3-2-4-9(14)15/h5-6H,2-4H2,1H3,(H,14,15). The highest BCUT2D eigenvalue weighted by atomic mass is 19.1. The van der Waals surface area contributed by atoms with Crippen LogP contribution >= 0.6 is 0 Å². The van der Waals surface area contributed by atoms with Crippen LogP contribution in [0.15, 0.2) is 12.1 Å². The maximum atomic E-state index is 13.5. The monoisotopic (exact) mass is 230 g/mol. The highest BCUT2D eigenvalue weighted by molar-refractivity contribution is 5.66. The predicted octanol–water partition coefficient (Wildman–Crippen LogP) is 2.38. The molecule has 0 bridgehead atoms. The third-order valence-electron chi connectivity index (χ3n) is 2.17. The Labute approximate surface area is 91.7 Å². The molecule has 0 spiro atoms. The molecule has 1 rings (SSSR count). The predicted molar refractivity (Wildman–Crippen MR) is 53.5 cm³/mol. The van der Waals surface area contributed by atoms with Gasteiger partial charge in [-0.15, -0.1) is 0 Å². The van der Waals surface area contributed by atoms with Gasteiger partial charge in [-0.2, -0.15) is 0 Å². The number of hydrogen-bond acceptors (Lipinski definition) is 2. The Kier molecular flexibility index (Phi) is 4.22. The Balaban J connectivity index is 2.77. The van der Waals surface area contributed by atoms with Crippen LogP contribution in [-0.4, -0.2) is 18.2 Å². The first-order valence-corrected chi connectivity index (χ1v) is 4.79. The summed E-state index contributed by atoms with van der Waals surface area (Å²) in [4.78, 5) is 10.3. The molecule has 0 atom stereocenters. The van der Waals surface area contributed by atoms with Crippen molar-refractivity contribution in [1.82, 2.24) is 0 Å². The molecule has 0 fully saturated rings. The second kappa shape index (κ2) is 5.44. The molecule has 0 aliphatic heterocycles. The van der Waals surface area contributed by atoms with Crippen molar-refractivity contribution in [3.63, 3.8) is 0 Å². The van der Waals surface area contributed by atoms with E-state index in [-0.39, 0.29) is 18.4 Å². The van der Waals surface area contributed by atoms with E-state index in [9.17, 15) is 13.6 Å². The SMILES string of the molecule is COc1c(F)ccc(CCCC(=O)O)c1F. The lowest BCUT2D eigenvalue weighted by molar-refractivity contribution is -0.137. The van der Waals surface area contributed by atoms with Crippen LogP contribution in [0.5, 0.6) is 5.75 Å². The molecule has 0 saturated carbocycles. The zero-order valence-corrected chi connectivity index (χ0v) is 8.80. The summed E-state index contributed by atoms with van der Waals surface area (Å²) in [5.41, 5.74) is 0.263. The van der Waals surface area contributed by atoms with E-state index in [2.05, 4.69) is 4.74 Å². The van der Waals surface area contributed by atoms with Crippen LogP contribution in [-0.2, 0) is 11.2 Å². The molecule has 3 nitrogen and oxygen atoms in total. The van der Waals surface area contributed by atoms with Crippen molar-refractivity contribution >= 4 is 5.97 Å². The normalized spacial score (nSPS) is 10.2. The summed E-state index contributed by atoms with van der Waals surface area (Å²) in [6.07, 6.45) is 0.509. The number of aliphatic carboxylic acids is 1. The summed E-state index contributed by atoms with van der Waals surface area (Å²) in [6, 6.07) is 2.41. The van der Waals surface area contributed by atoms with Crippen molar-refractivity contribution in [2.24, 2.45) is 0 Å². The Morgan fingerprint density at radius 1 is 1.44 bits per heavy atom. The van der Waals surface area contributed by atoms with Gasteiger partial charge in [0, 0.05) is 6.42 Å². The van der Waals surface area contributed by atoms with Gasteiger partial charge in [0.1, 0.15) is 0 Å². The molecular weight excluding hydrogens is 218 g/mol. The van der Waals surface area contributed by atoms with Crippen molar-refractivity contribution in [1.29, 1.82) is 0 Å². The maximum absolute atomic E-state index is 13.5. The van der Waals surface area contributed by atoms with Crippen molar-refractivity contribution in [2.45, 2.75) is 19.3 Å². The molecule has 1 N–H and O–H groups in total. The fraction of sp³-hybridized carbons (Fsp3) is 0.364. The van der Waals surface area contributed by atoms with E-state index in [0.29, 0.717) is 6.42 Å². The van der Waals surface area contributed by atoms with Gasteiger partial charge in [0.05, 0.1) is 7.11 Å². The molecule has 5 heteroatoms. The Morgan fingerprint density at radius 3 is 2.69 bits per heavy atom. The van der Waals surface area contributed by atoms with Crippen molar-refractivity contribution in [3.05, 3.63) is 29.3 Å². The lowest BCUT2D eigenvalue weighted by Gasteiger charge is -2.07. The molecule has 0 aliphatic carbocycles. The zero-order valence-electron chi connectivity index (χ0n) is 8.80. The quantitative estimate of drug-likeness (QED) is 0.844. The lowest BCUT2D eigenvalue weighted by Crippen LogP contribution is -2.00. The number of carboxylic acids is 1. The second-order valence-electron chi connectivity index (χ2n) is 3.30. The number of ether oxygens (including phenoxy) is 1. The number of rotatable bonds is 5. The largest absolute Gasteiger partial charge is 0.491 e. The van der Waals surface area contributed by atoms with E-state index < -0.39 is 23.4 Å². The topological polar surface area (TPSA) is 46.5 Å². The van der Waals surface area contributed by atoms with E-state index >= 15 is 0 Å².